The van der Waals surface area contributed by atoms with Crippen molar-refractivity contribution in [2.45, 2.75) is 26.2 Å². The van der Waals surface area contributed by atoms with Gasteiger partial charge >= 0.3 is 0 Å². The highest BCUT2D eigenvalue weighted by Gasteiger charge is 2.19. The zero-order valence-electron chi connectivity index (χ0n) is 14.9. The Kier molecular flexibility index (Phi) is 7.30. The summed E-state index contributed by atoms with van der Waals surface area (Å²) in [6.07, 6.45) is 3.18. The Balaban J connectivity index is 1.90. The van der Waals surface area contributed by atoms with Crippen LogP contribution in [0.25, 0.3) is 0 Å². The average Bonchev–Trinajstić information content (AvgIpc) is 2.69. The van der Waals surface area contributed by atoms with Gasteiger partial charge in [-0.25, -0.2) is 0 Å². The second kappa shape index (κ2) is 9.91. The van der Waals surface area contributed by atoms with Gasteiger partial charge in [-0.1, -0.05) is 31.9 Å². The number of unbranched alkanes of at least 4 members (excludes halogenated alkanes) is 2. The number of ether oxygens (including phenoxy) is 1. The van der Waals surface area contributed by atoms with Crippen LogP contribution in [0.1, 0.15) is 46.9 Å². The lowest BCUT2D eigenvalue weighted by Crippen LogP contribution is -2.41. The fraction of sp³-hybridized carbons (Fsp3) is 0.263. The summed E-state index contributed by atoms with van der Waals surface area (Å²) in [6, 6.07) is 12.0. The molecule has 0 radical (unpaired) electrons. The Morgan fingerprint density at radius 2 is 1.67 bits per heavy atom. The van der Waals surface area contributed by atoms with E-state index in [-0.39, 0.29) is 11.3 Å². The highest BCUT2D eigenvalue weighted by atomic mass is 16.6. The van der Waals surface area contributed by atoms with E-state index in [1.54, 1.807) is 24.3 Å². The summed E-state index contributed by atoms with van der Waals surface area (Å²) in [7, 11) is 0. The van der Waals surface area contributed by atoms with Crippen LogP contribution in [0.2, 0.25) is 0 Å². The van der Waals surface area contributed by atoms with E-state index in [0.29, 0.717) is 17.9 Å². The minimum atomic E-state index is -0.772. The molecule has 2 N–H and O–H groups in total. The van der Waals surface area contributed by atoms with E-state index in [2.05, 4.69) is 17.8 Å². The number of benzene rings is 2. The number of nitro groups is 1. The number of rotatable bonds is 8. The van der Waals surface area contributed by atoms with Crippen LogP contribution in [-0.2, 0) is 0 Å². The first-order valence-electron chi connectivity index (χ1n) is 8.60. The Hall–Kier alpha value is -3.42. The molecule has 0 aliphatic heterocycles. The monoisotopic (exact) mass is 371 g/mol. The van der Waals surface area contributed by atoms with Gasteiger partial charge in [0.05, 0.1) is 11.5 Å². The molecule has 0 unspecified atom stereocenters. The van der Waals surface area contributed by atoms with Crippen molar-refractivity contribution in [2.24, 2.45) is 0 Å². The fourth-order valence-corrected chi connectivity index (χ4v) is 2.32. The summed E-state index contributed by atoms with van der Waals surface area (Å²) in [5, 5.41) is 11.0. The summed E-state index contributed by atoms with van der Waals surface area (Å²) < 4.78 is 5.57. The highest BCUT2D eigenvalue weighted by molar-refractivity contribution is 6.01. The van der Waals surface area contributed by atoms with Crippen LogP contribution >= 0.6 is 0 Å². The van der Waals surface area contributed by atoms with Crippen LogP contribution in [0.3, 0.4) is 0 Å². The van der Waals surface area contributed by atoms with Crippen molar-refractivity contribution in [2.75, 3.05) is 6.61 Å². The quantitative estimate of drug-likeness (QED) is 0.420. The Bertz CT molecular complexity index is 805. The maximum atomic E-state index is 12.1. The van der Waals surface area contributed by atoms with E-state index >= 15 is 0 Å². The standard InChI is InChI=1S/C19H21N3O5/c1-2-3-6-13-27-15-11-9-14(10-12-15)18(23)20-21-19(24)16-7-4-5-8-17(16)22(25)26/h4-5,7-12H,2-3,6,13H2,1H3,(H,20,23)(H,21,24). The van der Waals surface area contributed by atoms with Gasteiger partial charge in [0.2, 0.25) is 0 Å². The molecule has 2 rings (SSSR count). The zero-order chi connectivity index (χ0) is 19.6. The minimum absolute atomic E-state index is 0.140. The maximum Gasteiger partial charge on any atom is 0.282 e. The van der Waals surface area contributed by atoms with E-state index in [4.69, 9.17) is 4.74 Å². The number of carbonyl (C=O) groups is 2. The predicted octanol–water partition coefficient (Wildman–Crippen LogP) is 3.24. The van der Waals surface area contributed by atoms with Crippen LogP contribution in [0.5, 0.6) is 5.75 Å². The molecule has 0 spiro atoms. The van der Waals surface area contributed by atoms with Crippen LogP contribution < -0.4 is 15.6 Å². The molecule has 0 bridgehead atoms. The molecule has 0 heterocycles. The molecule has 0 aromatic heterocycles. The predicted molar refractivity (Wildman–Crippen MR) is 99.5 cm³/mol. The molecule has 0 aliphatic rings. The van der Waals surface area contributed by atoms with E-state index in [1.165, 1.54) is 24.3 Å². The van der Waals surface area contributed by atoms with E-state index in [9.17, 15) is 19.7 Å². The van der Waals surface area contributed by atoms with Crippen molar-refractivity contribution in [1.82, 2.24) is 10.9 Å². The van der Waals surface area contributed by atoms with Crippen molar-refractivity contribution >= 4 is 17.5 Å². The van der Waals surface area contributed by atoms with Crippen molar-refractivity contribution in [3.05, 3.63) is 69.8 Å². The topological polar surface area (TPSA) is 111 Å². The van der Waals surface area contributed by atoms with Gasteiger partial charge in [-0.3, -0.25) is 30.6 Å². The van der Waals surface area contributed by atoms with Gasteiger partial charge in [-0.15, -0.1) is 0 Å². The summed E-state index contributed by atoms with van der Waals surface area (Å²) in [5.74, 6) is -0.655. The lowest BCUT2D eigenvalue weighted by atomic mass is 10.2. The number of hydrogen-bond acceptors (Lipinski definition) is 5. The molecule has 0 atom stereocenters. The second-order valence-electron chi connectivity index (χ2n) is 5.76. The van der Waals surface area contributed by atoms with Gasteiger partial charge in [0, 0.05) is 11.6 Å². The Labute approximate surface area is 156 Å². The van der Waals surface area contributed by atoms with Crippen LogP contribution in [0.15, 0.2) is 48.5 Å². The van der Waals surface area contributed by atoms with Crippen molar-refractivity contribution in [3.8, 4) is 5.75 Å². The van der Waals surface area contributed by atoms with Gasteiger partial charge < -0.3 is 4.74 Å². The number of nitrogens with one attached hydrogen (secondary N) is 2. The van der Waals surface area contributed by atoms with Crippen LogP contribution in [0.4, 0.5) is 5.69 Å². The van der Waals surface area contributed by atoms with Gasteiger partial charge in [0.1, 0.15) is 11.3 Å². The molecule has 0 saturated carbocycles. The summed E-state index contributed by atoms with van der Waals surface area (Å²) in [4.78, 5) is 34.5. The lowest BCUT2D eigenvalue weighted by molar-refractivity contribution is -0.385. The number of amides is 2. The normalized spacial score (nSPS) is 10.1. The summed E-state index contributed by atoms with van der Waals surface area (Å²) in [6.45, 7) is 2.73. The maximum absolute atomic E-state index is 12.1. The molecule has 8 heteroatoms. The van der Waals surface area contributed by atoms with Gasteiger partial charge in [0.15, 0.2) is 0 Å². The van der Waals surface area contributed by atoms with Gasteiger partial charge in [-0.2, -0.15) is 0 Å². The lowest BCUT2D eigenvalue weighted by Gasteiger charge is -2.09. The molecule has 0 aliphatic carbocycles. The minimum Gasteiger partial charge on any atom is -0.494 e. The van der Waals surface area contributed by atoms with Crippen molar-refractivity contribution in [3.63, 3.8) is 0 Å². The number of hydrazine groups is 1. The summed E-state index contributed by atoms with van der Waals surface area (Å²) in [5.41, 5.74) is 4.26. The molecule has 27 heavy (non-hydrogen) atoms. The highest BCUT2D eigenvalue weighted by Crippen LogP contribution is 2.17. The van der Waals surface area contributed by atoms with Crippen molar-refractivity contribution < 1.29 is 19.2 Å². The van der Waals surface area contributed by atoms with Crippen LogP contribution in [-0.4, -0.2) is 23.3 Å². The van der Waals surface area contributed by atoms with Gasteiger partial charge in [0.25, 0.3) is 17.5 Å². The molecule has 8 nitrogen and oxygen atoms in total. The van der Waals surface area contributed by atoms with Crippen LogP contribution in [0, 0.1) is 10.1 Å². The van der Waals surface area contributed by atoms with Crippen molar-refractivity contribution in [1.29, 1.82) is 0 Å². The molecule has 0 fully saturated rings. The summed E-state index contributed by atoms with van der Waals surface area (Å²) >= 11 is 0. The number of hydrogen-bond donors (Lipinski definition) is 2. The number of nitro benzene ring substituents is 1. The molecular weight excluding hydrogens is 350 g/mol. The second-order valence-corrected chi connectivity index (χ2v) is 5.76. The number of nitrogens with zero attached hydrogens (tertiary/aromatic N) is 1. The third-order valence-corrected chi connectivity index (χ3v) is 3.77. The third kappa shape index (κ3) is 5.81. The van der Waals surface area contributed by atoms with E-state index in [1.807, 2.05) is 0 Å². The molecule has 0 saturated heterocycles. The number of para-hydroxylation sites is 1. The molecule has 2 aromatic rings. The Morgan fingerprint density at radius 1 is 1.00 bits per heavy atom. The SMILES string of the molecule is CCCCCOc1ccc(C(=O)NNC(=O)c2ccccc2[N+](=O)[O-])cc1. The Morgan fingerprint density at radius 3 is 2.33 bits per heavy atom. The largest absolute Gasteiger partial charge is 0.494 e. The third-order valence-electron chi connectivity index (χ3n) is 3.77. The molecular formula is C19H21N3O5. The average molecular weight is 371 g/mol. The smallest absolute Gasteiger partial charge is 0.282 e. The first-order chi connectivity index (χ1) is 13.0. The molecule has 2 aromatic carbocycles. The van der Waals surface area contributed by atoms with E-state index < -0.39 is 16.7 Å². The first kappa shape index (κ1) is 19.9. The van der Waals surface area contributed by atoms with E-state index in [0.717, 1.165) is 19.3 Å². The van der Waals surface area contributed by atoms with Gasteiger partial charge in [-0.05, 0) is 36.8 Å². The fourth-order valence-electron chi connectivity index (χ4n) is 2.32. The first-order valence-corrected chi connectivity index (χ1v) is 8.60. The molecule has 142 valence electrons. The number of carbonyl (C=O) groups excluding carboxylic acids is 2. The zero-order valence-corrected chi connectivity index (χ0v) is 14.9. The molecule has 2 amide bonds.